The molecule has 2 rings (SSSR count). The Morgan fingerprint density at radius 3 is 2.44 bits per heavy atom. The summed E-state index contributed by atoms with van der Waals surface area (Å²) in [5.41, 5.74) is 8.55. The van der Waals surface area contributed by atoms with Crippen LogP contribution in [0.15, 0.2) is 29.3 Å². The minimum absolute atomic E-state index is 0.0265. The van der Waals surface area contributed by atoms with Gasteiger partial charge in [0.05, 0.1) is 0 Å². The highest BCUT2D eigenvalue weighted by atomic mass is 32.2. The number of aliphatic imine (C=N–C) groups is 1. The summed E-state index contributed by atoms with van der Waals surface area (Å²) in [7, 11) is 4.07. The molecular formula is C11H16N4S. The number of benzene rings is 1. The van der Waals surface area contributed by atoms with E-state index >= 15 is 0 Å². The van der Waals surface area contributed by atoms with Crippen LogP contribution >= 0.6 is 11.8 Å². The number of nitrogens with one attached hydrogen (secondary N) is 2. The van der Waals surface area contributed by atoms with Gasteiger partial charge in [0.2, 0.25) is 0 Å². The molecule has 1 aromatic rings. The van der Waals surface area contributed by atoms with Gasteiger partial charge in [-0.3, -0.25) is 5.43 Å². The molecule has 1 heterocycles. The summed E-state index contributed by atoms with van der Waals surface area (Å²) in [5, 5.41) is 0.932. The lowest BCUT2D eigenvalue weighted by Gasteiger charge is -2.14. The van der Waals surface area contributed by atoms with Crippen molar-refractivity contribution in [1.82, 2.24) is 10.9 Å². The van der Waals surface area contributed by atoms with Crippen molar-refractivity contribution >= 4 is 22.6 Å². The van der Waals surface area contributed by atoms with Crippen molar-refractivity contribution in [3.8, 4) is 0 Å². The van der Waals surface area contributed by atoms with Crippen LogP contribution in [0.1, 0.15) is 11.7 Å². The van der Waals surface area contributed by atoms with E-state index in [-0.39, 0.29) is 6.17 Å². The SMILES string of the molecule is CSC1=N[C@H](c2ccc(N(C)C)cc2)NN1. The third kappa shape index (κ3) is 2.31. The van der Waals surface area contributed by atoms with E-state index in [9.17, 15) is 0 Å². The molecule has 16 heavy (non-hydrogen) atoms. The van der Waals surface area contributed by atoms with Gasteiger partial charge in [-0.15, -0.1) is 0 Å². The fraction of sp³-hybridized carbons (Fsp3) is 0.364. The Morgan fingerprint density at radius 1 is 1.25 bits per heavy atom. The predicted octanol–water partition coefficient (Wildman–Crippen LogP) is 1.58. The summed E-state index contributed by atoms with van der Waals surface area (Å²) in [5.74, 6) is 0. The van der Waals surface area contributed by atoms with Crippen molar-refractivity contribution < 1.29 is 0 Å². The van der Waals surface area contributed by atoms with Crippen molar-refractivity contribution in [3.05, 3.63) is 29.8 Å². The summed E-state index contributed by atoms with van der Waals surface area (Å²) in [4.78, 5) is 6.58. The number of hydrazine groups is 1. The average molecular weight is 236 g/mol. The Balaban J connectivity index is 2.14. The fourth-order valence-electron chi connectivity index (χ4n) is 1.53. The molecule has 4 nitrogen and oxygen atoms in total. The first kappa shape index (κ1) is 11.3. The zero-order chi connectivity index (χ0) is 11.5. The van der Waals surface area contributed by atoms with Crippen molar-refractivity contribution in [1.29, 1.82) is 0 Å². The molecule has 1 atom stereocenters. The van der Waals surface area contributed by atoms with Gasteiger partial charge in [-0.05, 0) is 24.0 Å². The average Bonchev–Trinajstić information content (AvgIpc) is 2.77. The van der Waals surface area contributed by atoms with Crippen LogP contribution < -0.4 is 15.8 Å². The molecule has 0 saturated carbocycles. The summed E-state index contributed by atoms with van der Waals surface area (Å²) in [6, 6.07) is 8.40. The van der Waals surface area contributed by atoms with Crippen LogP contribution in [-0.4, -0.2) is 25.5 Å². The highest BCUT2D eigenvalue weighted by molar-refractivity contribution is 8.13. The van der Waals surface area contributed by atoms with Crippen LogP contribution in [0.4, 0.5) is 5.69 Å². The Labute approximate surface area is 100 Å². The maximum absolute atomic E-state index is 4.50. The first-order valence-electron chi connectivity index (χ1n) is 5.11. The van der Waals surface area contributed by atoms with E-state index in [0.29, 0.717) is 0 Å². The molecule has 0 aromatic heterocycles. The lowest BCUT2D eigenvalue weighted by molar-refractivity contribution is 0.575. The number of anilines is 1. The Bertz CT molecular complexity index is 385. The molecule has 1 aliphatic rings. The molecule has 86 valence electrons. The molecule has 1 aromatic carbocycles. The molecule has 0 bridgehead atoms. The van der Waals surface area contributed by atoms with Crippen LogP contribution in [0.3, 0.4) is 0 Å². The van der Waals surface area contributed by atoms with Gasteiger partial charge in [-0.25, -0.2) is 10.4 Å². The molecule has 0 radical (unpaired) electrons. The molecule has 0 spiro atoms. The van der Waals surface area contributed by atoms with Gasteiger partial charge in [-0.2, -0.15) is 0 Å². The molecule has 0 saturated heterocycles. The Morgan fingerprint density at radius 2 is 1.94 bits per heavy atom. The monoisotopic (exact) mass is 236 g/mol. The van der Waals surface area contributed by atoms with E-state index < -0.39 is 0 Å². The first-order chi connectivity index (χ1) is 7.70. The number of hydrogen-bond acceptors (Lipinski definition) is 5. The summed E-state index contributed by atoms with van der Waals surface area (Å²) < 4.78 is 0. The van der Waals surface area contributed by atoms with Gasteiger partial charge >= 0.3 is 0 Å². The van der Waals surface area contributed by atoms with Gasteiger partial charge in [0.1, 0.15) is 6.17 Å². The van der Waals surface area contributed by atoms with Crippen LogP contribution in [0, 0.1) is 0 Å². The zero-order valence-corrected chi connectivity index (χ0v) is 10.5. The van der Waals surface area contributed by atoms with E-state index in [4.69, 9.17) is 0 Å². The smallest absolute Gasteiger partial charge is 0.172 e. The van der Waals surface area contributed by atoms with Crippen LogP contribution in [-0.2, 0) is 0 Å². The van der Waals surface area contributed by atoms with Crippen molar-refractivity contribution in [2.24, 2.45) is 4.99 Å². The molecule has 5 heteroatoms. The van der Waals surface area contributed by atoms with E-state index in [1.54, 1.807) is 11.8 Å². The standard InChI is InChI=1S/C11H16N4S/c1-15(2)9-6-4-8(5-7-9)10-12-11(16-3)14-13-10/h4-7,10,13H,1-3H3,(H,12,14)/t10-/m0/s1. The second-order valence-electron chi connectivity index (χ2n) is 3.80. The third-order valence-corrected chi connectivity index (χ3v) is 3.07. The quantitative estimate of drug-likeness (QED) is 0.818. The maximum atomic E-state index is 4.50. The predicted molar refractivity (Wildman–Crippen MR) is 70.7 cm³/mol. The highest BCUT2D eigenvalue weighted by Gasteiger charge is 2.16. The van der Waals surface area contributed by atoms with Gasteiger partial charge < -0.3 is 4.90 Å². The number of rotatable bonds is 2. The van der Waals surface area contributed by atoms with E-state index in [0.717, 1.165) is 5.17 Å². The van der Waals surface area contributed by atoms with Crippen LogP contribution in [0.25, 0.3) is 0 Å². The maximum Gasteiger partial charge on any atom is 0.172 e. The third-order valence-electron chi connectivity index (χ3n) is 2.48. The highest BCUT2D eigenvalue weighted by Crippen LogP contribution is 2.21. The lowest BCUT2D eigenvalue weighted by atomic mass is 10.1. The van der Waals surface area contributed by atoms with Crippen molar-refractivity contribution in [2.75, 3.05) is 25.3 Å². The molecule has 0 unspecified atom stereocenters. The van der Waals surface area contributed by atoms with Gasteiger partial charge in [-0.1, -0.05) is 23.9 Å². The molecule has 0 fully saturated rings. The largest absolute Gasteiger partial charge is 0.378 e. The number of amidine groups is 1. The van der Waals surface area contributed by atoms with Crippen LogP contribution in [0.5, 0.6) is 0 Å². The molecular weight excluding hydrogens is 220 g/mol. The molecule has 0 amide bonds. The fourth-order valence-corrected chi connectivity index (χ4v) is 1.90. The Kier molecular flexibility index (Phi) is 3.36. The van der Waals surface area contributed by atoms with Gasteiger partial charge in [0.15, 0.2) is 5.17 Å². The van der Waals surface area contributed by atoms with Crippen molar-refractivity contribution in [2.45, 2.75) is 6.17 Å². The Hall–Kier alpha value is -1.20. The number of thioether (sulfide) groups is 1. The topological polar surface area (TPSA) is 39.7 Å². The summed E-state index contributed by atoms with van der Waals surface area (Å²) in [6.45, 7) is 0. The minimum Gasteiger partial charge on any atom is -0.378 e. The summed E-state index contributed by atoms with van der Waals surface area (Å²) in [6.07, 6.45) is 2.03. The number of hydrogen-bond donors (Lipinski definition) is 2. The minimum atomic E-state index is 0.0265. The number of nitrogens with zero attached hydrogens (tertiary/aromatic N) is 2. The van der Waals surface area contributed by atoms with E-state index in [1.165, 1.54) is 11.3 Å². The normalized spacial score (nSPS) is 19.2. The van der Waals surface area contributed by atoms with E-state index in [1.807, 2.05) is 20.4 Å². The first-order valence-corrected chi connectivity index (χ1v) is 6.34. The van der Waals surface area contributed by atoms with Gasteiger partial charge in [0.25, 0.3) is 0 Å². The summed E-state index contributed by atoms with van der Waals surface area (Å²) >= 11 is 1.61. The second-order valence-corrected chi connectivity index (χ2v) is 4.59. The molecule has 0 aliphatic carbocycles. The lowest BCUT2D eigenvalue weighted by Crippen LogP contribution is -2.29. The van der Waals surface area contributed by atoms with Crippen LogP contribution in [0.2, 0.25) is 0 Å². The van der Waals surface area contributed by atoms with E-state index in [2.05, 4.69) is 45.0 Å². The van der Waals surface area contributed by atoms with Crippen molar-refractivity contribution in [3.63, 3.8) is 0 Å². The van der Waals surface area contributed by atoms with Gasteiger partial charge in [0, 0.05) is 19.8 Å². The molecule has 2 N–H and O–H groups in total. The molecule has 1 aliphatic heterocycles. The zero-order valence-electron chi connectivity index (χ0n) is 9.69. The second kappa shape index (κ2) is 4.76.